The number of ether oxygens (including phenoxy) is 1. The Kier molecular flexibility index (Phi) is 9.58. The molecule has 2 unspecified atom stereocenters. The van der Waals surface area contributed by atoms with Crippen LogP contribution in [0.2, 0.25) is 0 Å². The van der Waals surface area contributed by atoms with Crippen molar-refractivity contribution >= 4 is 23.9 Å². The van der Waals surface area contributed by atoms with Crippen LogP contribution >= 0.6 is 0 Å². The first-order chi connectivity index (χ1) is 13.8. The zero-order valence-corrected chi connectivity index (χ0v) is 18.9. The summed E-state index contributed by atoms with van der Waals surface area (Å²) in [7, 11) is 0. The number of nitrogens with one attached hydrogen (secondary N) is 3. The largest absolute Gasteiger partial charge is 0.480 e. The van der Waals surface area contributed by atoms with Gasteiger partial charge in [0, 0.05) is 12.5 Å². The highest BCUT2D eigenvalue weighted by Crippen LogP contribution is 2.28. The number of carboxylic acid groups (broad SMARTS) is 1. The maximum Gasteiger partial charge on any atom is 0.408 e. The molecule has 1 rings (SSSR count). The van der Waals surface area contributed by atoms with Crippen molar-refractivity contribution in [1.82, 2.24) is 16.0 Å². The van der Waals surface area contributed by atoms with Crippen molar-refractivity contribution in [2.24, 2.45) is 17.8 Å². The molecule has 30 heavy (non-hydrogen) atoms. The van der Waals surface area contributed by atoms with Crippen LogP contribution in [0.25, 0.3) is 0 Å². The van der Waals surface area contributed by atoms with E-state index in [0.29, 0.717) is 19.4 Å². The van der Waals surface area contributed by atoms with E-state index < -0.39 is 29.7 Å². The number of hydrogen-bond donors (Lipinski definition) is 4. The first-order valence-electron chi connectivity index (χ1n) is 10.6. The molecule has 0 saturated heterocycles. The van der Waals surface area contributed by atoms with Crippen LogP contribution in [0.5, 0.6) is 0 Å². The first kappa shape index (κ1) is 25.7. The van der Waals surface area contributed by atoms with Gasteiger partial charge in [0.25, 0.3) is 0 Å². The van der Waals surface area contributed by atoms with Gasteiger partial charge in [-0.3, -0.25) is 9.59 Å². The second-order valence-electron chi connectivity index (χ2n) is 9.40. The van der Waals surface area contributed by atoms with Crippen LogP contribution in [0, 0.1) is 17.8 Å². The Bertz CT molecular complexity index is 621. The third kappa shape index (κ3) is 9.00. The molecule has 1 aliphatic rings. The minimum Gasteiger partial charge on any atom is -0.480 e. The van der Waals surface area contributed by atoms with E-state index in [0.717, 1.165) is 12.8 Å². The third-order valence-corrected chi connectivity index (χ3v) is 5.14. The lowest BCUT2D eigenvalue weighted by molar-refractivity contribution is -0.144. The van der Waals surface area contributed by atoms with Crippen LogP contribution in [0.15, 0.2) is 0 Å². The van der Waals surface area contributed by atoms with Gasteiger partial charge in [-0.25, -0.2) is 9.59 Å². The van der Waals surface area contributed by atoms with Crippen molar-refractivity contribution in [3.63, 3.8) is 0 Å². The summed E-state index contributed by atoms with van der Waals surface area (Å²) >= 11 is 0. The molecule has 1 fully saturated rings. The van der Waals surface area contributed by atoms with Crippen LogP contribution in [-0.2, 0) is 19.1 Å². The number of hydrogen-bond acceptors (Lipinski definition) is 5. The fourth-order valence-corrected chi connectivity index (χ4v) is 3.36. The zero-order chi connectivity index (χ0) is 23.1. The summed E-state index contributed by atoms with van der Waals surface area (Å²) in [5.74, 6) is -1.67. The van der Waals surface area contributed by atoms with Crippen molar-refractivity contribution in [3.05, 3.63) is 0 Å². The Labute approximate surface area is 178 Å². The first-order valence-corrected chi connectivity index (χ1v) is 10.6. The summed E-state index contributed by atoms with van der Waals surface area (Å²) in [4.78, 5) is 47.6. The Morgan fingerprint density at radius 2 is 1.57 bits per heavy atom. The average Bonchev–Trinajstić information content (AvgIpc) is 2.62. The molecule has 0 bridgehead atoms. The predicted octanol–water partition coefficient (Wildman–Crippen LogP) is 2.05. The smallest absolute Gasteiger partial charge is 0.408 e. The van der Waals surface area contributed by atoms with Gasteiger partial charge in [-0.15, -0.1) is 0 Å². The van der Waals surface area contributed by atoms with Gasteiger partial charge in [-0.2, -0.15) is 0 Å². The van der Waals surface area contributed by atoms with Crippen molar-refractivity contribution < 1.29 is 29.0 Å². The number of carboxylic acids is 1. The second-order valence-corrected chi connectivity index (χ2v) is 9.40. The topological polar surface area (TPSA) is 134 Å². The molecule has 4 N–H and O–H groups in total. The molecule has 9 nitrogen and oxygen atoms in total. The van der Waals surface area contributed by atoms with Crippen molar-refractivity contribution in [3.8, 4) is 0 Å². The maximum absolute atomic E-state index is 12.4. The third-order valence-electron chi connectivity index (χ3n) is 5.14. The molecule has 0 aliphatic heterocycles. The SMILES string of the molecule is CC(NC(=O)OC(C)(C)C)C(=O)NCC1CCC(C(=O)NC(C(=O)O)C(C)C)CC1. The molecular formula is C21H37N3O6. The molecule has 0 heterocycles. The normalized spacial score (nSPS) is 21.3. The van der Waals surface area contributed by atoms with Gasteiger partial charge in [0.2, 0.25) is 11.8 Å². The predicted molar refractivity (Wildman–Crippen MR) is 112 cm³/mol. The van der Waals surface area contributed by atoms with E-state index in [1.807, 2.05) is 0 Å². The molecule has 0 spiro atoms. The number of aliphatic carboxylic acids is 1. The van der Waals surface area contributed by atoms with Crippen LogP contribution in [0.3, 0.4) is 0 Å². The van der Waals surface area contributed by atoms with Crippen molar-refractivity contribution in [2.45, 2.75) is 84.9 Å². The zero-order valence-electron chi connectivity index (χ0n) is 18.9. The van der Waals surface area contributed by atoms with Gasteiger partial charge in [0.05, 0.1) is 0 Å². The fourth-order valence-electron chi connectivity index (χ4n) is 3.36. The minimum absolute atomic E-state index is 0.186. The summed E-state index contributed by atoms with van der Waals surface area (Å²) in [6.45, 7) is 10.8. The molecule has 0 radical (unpaired) electrons. The van der Waals surface area contributed by atoms with Gasteiger partial charge in [-0.05, 0) is 65.2 Å². The molecule has 9 heteroatoms. The van der Waals surface area contributed by atoms with Crippen LogP contribution < -0.4 is 16.0 Å². The Morgan fingerprint density at radius 3 is 2.03 bits per heavy atom. The van der Waals surface area contributed by atoms with Gasteiger partial charge in [-0.1, -0.05) is 13.8 Å². The van der Waals surface area contributed by atoms with Gasteiger partial charge < -0.3 is 25.8 Å². The maximum atomic E-state index is 12.4. The van der Waals surface area contributed by atoms with Gasteiger partial charge in [0.1, 0.15) is 17.7 Å². The molecule has 172 valence electrons. The molecule has 1 aliphatic carbocycles. The highest BCUT2D eigenvalue weighted by molar-refractivity contribution is 5.86. The van der Waals surface area contributed by atoms with E-state index >= 15 is 0 Å². The summed E-state index contributed by atoms with van der Waals surface area (Å²) in [5, 5.41) is 17.2. The van der Waals surface area contributed by atoms with Crippen LogP contribution in [0.4, 0.5) is 4.79 Å². The fraction of sp³-hybridized carbons (Fsp3) is 0.810. The molecule has 3 amide bonds. The lowest BCUT2D eigenvalue weighted by Crippen LogP contribution is -2.48. The van der Waals surface area contributed by atoms with Crippen molar-refractivity contribution in [1.29, 1.82) is 0 Å². The lowest BCUT2D eigenvalue weighted by atomic mass is 9.81. The van der Waals surface area contributed by atoms with Crippen LogP contribution in [-0.4, -0.2) is 53.2 Å². The van der Waals surface area contributed by atoms with E-state index in [4.69, 9.17) is 4.74 Å². The molecule has 0 aromatic rings. The Hall–Kier alpha value is -2.32. The highest BCUT2D eigenvalue weighted by atomic mass is 16.6. The summed E-state index contributed by atoms with van der Waals surface area (Å²) in [6, 6.07) is -1.60. The van der Waals surface area contributed by atoms with E-state index in [2.05, 4.69) is 16.0 Å². The van der Waals surface area contributed by atoms with Gasteiger partial charge >= 0.3 is 12.1 Å². The second kappa shape index (κ2) is 11.2. The number of amides is 3. The quantitative estimate of drug-likeness (QED) is 0.468. The molecular weight excluding hydrogens is 390 g/mol. The monoisotopic (exact) mass is 427 g/mol. The number of alkyl carbamates (subject to hydrolysis) is 1. The highest BCUT2D eigenvalue weighted by Gasteiger charge is 2.31. The Balaban J connectivity index is 2.37. The molecule has 2 atom stereocenters. The Morgan fingerprint density at radius 1 is 1.00 bits per heavy atom. The van der Waals surface area contributed by atoms with Crippen molar-refractivity contribution in [2.75, 3.05) is 6.54 Å². The summed E-state index contributed by atoms with van der Waals surface area (Å²) in [5.41, 5.74) is -0.634. The van der Waals surface area contributed by atoms with Gasteiger partial charge in [0.15, 0.2) is 0 Å². The summed E-state index contributed by atoms with van der Waals surface area (Å²) in [6.07, 6.45) is 2.21. The number of rotatable bonds is 8. The average molecular weight is 428 g/mol. The number of carbonyl (C=O) groups is 4. The van der Waals surface area contributed by atoms with E-state index in [1.165, 1.54) is 0 Å². The molecule has 0 aromatic carbocycles. The van der Waals surface area contributed by atoms with Crippen LogP contribution in [0.1, 0.15) is 67.2 Å². The minimum atomic E-state index is -1.02. The standard InChI is InChI=1S/C21H37N3O6/c1-12(2)16(19(27)28)24-18(26)15-9-7-14(8-10-15)11-22-17(25)13(3)23-20(29)30-21(4,5)6/h12-16H,7-11H2,1-6H3,(H,22,25)(H,23,29)(H,24,26)(H,27,28). The van der Waals surface area contributed by atoms with E-state index in [-0.39, 0.29) is 29.6 Å². The molecule has 0 aromatic heterocycles. The lowest BCUT2D eigenvalue weighted by Gasteiger charge is -2.29. The molecule has 1 saturated carbocycles. The summed E-state index contributed by atoms with van der Waals surface area (Å²) < 4.78 is 5.14. The van der Waals surface area contributed by atoms with E-state index in [9.17, 15) is 24.3 Å². The van der Waals surface area contributed by atoms with E-state index in [1.54, 1.807) is 41.5 Å². The number of carbonyl (C=O) groups excluding carboxylic acids is 3.